The Balaban J connectivity index is 1.57. The lowest BCUT2D eigenvalue weighted by Gasteiger charge is -2.21. The van der Waals surface area contributed by atoms with Crippen molar-refractivity contribution in [2.45, 2.75) is 38.1 Å². The first kappa shape index (κ1) is 13.7. The van der Waals surface area contributed by atoms with Gasteiger partial charge in [-0.2, -0.15) is 0 Å². The Morgan fingerprint density at radius 1 is 1.23 bits per heavy atom. The first-order chi connectivity index (χ1) is 10.8. The van der Waals surface area contributed by atoms with Crippen molar-refractivity contribution in [3.8, 4) is 11.3 Å². The first-order valence-corrected chi connectivity index (χ1v) is 8.48. The van der Waals surface area contributed by atoms with E-state index in [4.69, 9.17) is 0 Å². The molecule has 4 rings (SSSR count). The monoisotopic (exact) mass is 316 g/mol. The van der Waals surface area contributed by atoms with Gasteiger partial charge in [0.15, 0.2) is 0 Å². The molecule has 1 fully saturated rings. The molecule has 0 saturated heterocycles. The molecular formula is C16H17FN4S. The molecule has 2 aromatic heterocycles. The van der Waals surface area contributed by atoms with Crippen molar-refractivity contribution in [3.05, 3.63) is 36.3 Å². The second-order valence-corrected chi connectivity index (χ2v) is 6.71. The molecule has 1 aliphatic rings. The standard InChI is InChI=1S/C16H17FN4S/c17-12-6-4-5-11(9-12)14-10-21-16(19-14)22-15(20-21)18-13-7-2-1-3-8-13/h4-6,9-10,13H,1-3,7-8H2,(H,18,20). The third kappa shape index (κ3) is 2.70. The molecule has 1 aromatic carbocycles. The molecule has 114 valence electrons. The molecule has 0 radical (unpaired) electrons. The number of benzene rings is 1. The smallest absolute Gasteiger partial charge is 0.214 e. The molecule has 0 atom stereocenters. The number of hydrogen-bond acceptors (Lipinski definition) is 4. The maximum atomic E-state index is 13.3. The van der Waals surface area contributed by atoms with Gasteiger partial charge >= 0.3 is 0 Å². The van der Waals surface area contributed by atoms with Crippen LogP contribution in [0.5, 0.6) is 0 Å². The highest BCUT2D eigenvalue weighted by molar-refractivity contribution is 7.20. The summed E-state index contributed by atoms with van der Waals surface area (Å²) in [5, 5.41) is 8.97. The van der Waals surface area contributed by atoms with Gasteiger partial charge in [0.2, 0.25) is 10.1 Å². The lowest BCUT2D eigenvalue weighted by Crippen LogP contribution is -2.22. The van der Waals surface area contributed by atoms with E-state index < -0.39 is 0 Å². The van der Waals surface area contributed by atoms with Crippen LogP contribution in [-0.2, 0) is 0 Å². The first-order valence-electron chi connectivity index (χ1n) is 7.67. The van der Waals surface area contributed by atoms with Crippen LogP contribution in [0, 0.1) is 5.82 Å². The van der Waals surface area contributed by atoms with Crippen LogP contribution in [0.2, 0.25) is 0 Å². The Morgan fingerprint density at radius 3 is 2.86 bits per heavy atom. The van der Waals surface area contributed by atoms with E-state index in [1.807, 2.05) is 12.3 Å². The molecule has 0 amide bonds. The normalized spacial score (nSPS) is 16.2. The van der Waals surface area contributed by atoms with E-state index in [2.05, 4.69) is 15.4 Å². The van der Waals surface area contributed by atoms with Gasteiger partial charge in [0.1, 0.15) is 5.82 Å². The molecule has 4 nitrogen and oxygen atoms in total. The maximum absolute atomic E-state index is 13.3. The molecule has 1 saturated carbocycles. The van der Waals surface area contributed by atoms with Gasteiger partial charge < -0.3 is 5.32 Å². The molecule has 0 unspecified atom stereocenters. The van der Waals surface area contributed by atoms with Gasteiger partial charge in [0, 0.05) is 11.6 Å². The van der Waals surface area contributed by atoms with Crippen molar-refractivity contribution in [2.24, 2.45) is 0 Å². The van der Waals surface area contributed by atoms with Crippen LogP contribution in [0.1, 0.15) is 32.1 Å². The lowest BCUT2D eigenvalue weighted by atomic mass is 9.96. The summed E-state index contributed by atoms with van der Waals surface area (Å²) >= 11 is 1.55. The molecule has 0 aliphatic heterocycles. The summed E-state index contributed by atoms with van der Waals surface area (Å²) in [5.41, 5.74) is 1.53. The molecule has 2 heterocycles. The largest absolute Gasteiger partial charge is 0.357 e. The van der Waals surface area contributed by atoms with Crippen molar-refractivity contribution in [1.82, 2.24) is 14.6 Å². The van der Waals surface area contributed by atoms with E-state index >= 15 is 0 Å². The zero-order valence-corrected chi connectivity index (χ0v) is 12.9. The Bertz CT molecular complexity index is 757. The van der Waals surface area contributed by atoms with E-state index in [1.165, 1.54) is 44.2 Å². The van der Waals surface area contributed by atoms with Crippen molar-refractivity contribution in [3.63, 3.8) is 0 Å². The van der Waals surface area contributed by atoms with Crippen molar-refractivity contribution in [1.29, 1.82) is 0 Å². The lowest BCUT2D eigenvalue weighted by molar-refractivity contribution is 0.462. The Labute approximate surface area is 132 Å². The Kier molecular flexibility index (Phi) is 3.54. The Morgan fingerprint density at radius 2 is 2.09 bits per heavy atom. The summed E-state index contributed by atoms with van der Waals surface area (Å²) in [7, 11) is 0. The van der Waals surface area contributed by atoms with Gasteiger partial charge in [0.25, 0.3) is 0 Å². The topological polar surface area (TPSA) is 42.2 Å². The number of aromatic nitrogens is 3. The Hall–Kier alpha value is -1.95. The molecule has 22 heavy (non-hydrogen) atoms. The van der Waals surface area contributed by atoms with Gasteiger partial charge in [-0.05, 0) is 25.0 Å². The van der Waals surface area contributed by atoms with E-state index in [1.54, 1.807) is 21.9 Å². The quantitative estimate of drug-likeness (QED) is 0.781. The fraction of sp³-hybridized carbons (Fsp3) is 0.375. The van der Waals surface area contributed by atoms with Crippen LogP contribution < -0.4 is 5.32 Å². The van der Waals surface area contributed by atoms with E-state index in [9.17, 15) is 4.39 Å². The molecular weight excluding hydrogens is 299 g/mol. The number of imidazole rings is 1. The zero-order valence-electron chi connectivity index (χ0n) is 12.1. The van der Waals surface area contributed by atoms with E-state index in [-0.39, 0.29) is 5.82 Å². The molecule has 1 N–H and O–H groups in total. The van der Waals surface area contributed by atoms with Gasteiger partial charge in [-0.15, -0.1) is 5.10 Å². The second kappa shape index (κ2) is 5.68. The summed E-state index contributed by atoms with van der Waals surface area (Å²) in [5.74, 6) is -0.249. The number of rotatable bonds is 3. The third-order valence-electron chi connectivity index (χ3n) is 4.10. The minimum Gasteiger partial charge on any atom is -0.357 e. The highest BCUT2D eigenvalue weighted by Crippen LogP contribution is 2.27. The van der Waals surface area contributed by atoms with Crippen molar-refractivity contribution in [2.75, 3.05) is 5.32 Å². The van der Waals surface area contributed by atoms with Crippen LogP contribution in [0.25, 0.3) is 16.2 Å². The number of fused-ring (bicyclic) bond motifs is 1. The van der Waals surface area contributed by atoms with Gasteiger partial charge in [-0.3, -0.25) is 0 Å². The summed E-state index contributed by atoms with van der Waals surface area (Å²) in [6, 6.07) is 7.02. The predicted octanol–water partition coefficient (Wildman–Crippen LogP) is 4.34. The highest BCUT2D eigenvalue weighted by Gasteiger charge is 2.16. The van der Waals surface area contributed by atoms with Crippen molar-refractivity contribution < 1.29 is 4.39 Å². The van der Waals surface area contributed by atoms with E-state index in [0.717, 1.165) is 21.3 Å². The highest BCUT2D eigenvalue weighted by atomic mass is 32.1. The van der Waals surface area contributed by atoms with Gasteiger partial charge in [-0.25, -0.2) is 13.9 Å². The summed E-state index contributed by atoms with van der Waals surface area (Å²) in [6.45, 7) is 0. The SMILES string of the molecule is Fc1cccc(-c2cn3nc(NC4CCCCC4)sc3n2)c1. The maximum Gasteiger partial charge on any atom is 0.214 e. The van der Waals surface area contributed by atoms with Gasteiger partial charge in [-0.1, -0.05) is 42.7 Å². The number of anilines is 1. The minimum atomic E-state index is -0.249. The zero-order chi connectivity index (χ0) is 14.9. The number of nitrogens with one attached hydrogen (secondary N) is 1. The summed E-state index contributed by atoms with van der Waals surface area (Å²) < 4.78 is 15.1. The second-order valence-electron chi connectivity index (χ2n) is 5.75. The number of hydrogen-bond donors (Lipinski definition) is 1. The van der Waals surface area contributed by atoms with Crippen LogP contribution >= 0.6 is 11.3 Å². The van der Waals surface area contributed by atoms with Crippen molar-refractivity contribution >= 4 is 21.4 Å². The minimum absolute atomic E-state index is 0.249. The van der Waals surface area contributed by atoms with E-state index in [0.29, 0.717) is 6.04 Å². The summed E-state index contributed by atoms with van der Waals surface area (Å²) in [6.07, 6.45) is 8.23. The average molecular weight is 316 g/mol. The molecule has 3 aromatic rings. The van der Waals surface area contributed by atoms with Crippen LogP contribution in [0.15, 0.2) is 30.5 Å². The fourth-order valence-corrected chi connectivity index (χ4v) is 3.83. The molecule has 6 heteroatoms. The van der Waals surface area contributed by atoms with Crippen LogP contribution in [0.4, 0.5) is 9.52 Å². The fourth-order valence-electron chi connectivity index (χ4n) is 2.97. The molecule has 0 spiro atoms. The third-order valence-corrected chi connectivity index (χ3v) is 4.95. The number of halogens is 1. The van der Waals surface area contributed by atoms with Crippen LogP contribution in [0.3, 0.4) is 0 Å². The average Bonchev–Trinajstić information content (AvgIpc) is 3.06. The molecule has 0 bridgehead atoms. The molecule has 1 aliphatic carbocycles. The van der Waals surface area contributed by atoms with Gasteiger partial charge in [0.05, 0.1) is 11.9 Å². The predicted molar refractivity (Wildman–Crippen MR) is 86.8 cm³/mol. The van der Waals surface area contributed by atoms with Crippen LogP contribution in [-0.4, -0.2) is 20.6 Å². The summed E-state index contributed by atoms with van der Waals surface area (Å²) in [4.78, 5) is 5.38. The number of nitrogens with zero attached hydrogens (tertiary/aromatic N) is 3.